The van der Waals surface area contributed by atoms with Gasteiger partial charge in [0.1, 0.15) is 30.1 Å². The minimum atomic E-state index is -4.20. The van der Waals surface area contributed by atoms with Crippen molar-refractivity contribution in [2.75, 3.05) is 13.7 Å². The first-order valence-electron chi connectivity index (χ1n) is 11.2. The summed E-state index contributed by atoms with van der Waals surface area (Å²) in [5, 5.41) is 13.3. The molecule has 3 unspecified atom stereocenters. The molecule has 2 aromatic rings. The van der Waals surface area contributed by atoms with Gasteiger partial charge in [0.25, 0.3) is 5.56 Å². The van der Waals surface area contributed by atoms with E-state index in [2.05, 4.69) is 10.1 Å². The van der Waals surface area contributed by atoms with Gasteiger partial charge in [0.05, 0.1) is 12.7 Å². The van der Waals surface area contributed by atoms with Crippen molar-refractivity contribution < 1.29 is 37.7 Å². The summed E-state index contributed by atoms with van der Waals surface area (Å²) < 4.78 is 42.1. The minimum absolute atomic E-state index is 0.214. The topological polar surface area (TPSA) is 167 Å². The van der Waals surface area contributed by atoms with Gasteiger partial charge in [-0.2, -0.15) is 5.09 Å². The summed E-state index contributed by atoms with van der Waals surface area (Å²) in [5.74, 6) is -0.448. The molecular formula is C22H30N3O10P. The summed E-state index contributed by atoms with van der Waals surface area (Å²) in [5.41, 5.74) is -1.40. The van der Waals surface area contributed by atoms with Gasteiger partial charge in [0, 0.05) is 19.4 Å². The molecule has 3 N–H and O–H groups in total. The van der Waals surface area contributed by atoms with Crippen LogP contribution in [0.5, 0.6) is 5.75 Å². The Morgan fingerprint density at radius 2 is 1.92 bits per heavy atom. The van der Waals surface area contributed by atoms with Gasteiger partial charge in [-0.25, -0.2) is 9.36 Å². The number of aliphatic hydroxyl groups excluding tert-OH is 1. The third-order valence-corrected chi connectivity index (χ3v) is 6.79. The fourth-order valence-corrected chi connectivity index (χ4v) is 5.01. The fraction of sp³-hybridized carbons (Fsp3) is 0.500. The van der Waals surface area contributed by atoms with Gasteiger partial charge >= 0.3 is 19.4 Å². The molecule has 0 radical (unpaired) electrons. The van der Waals surface area contributed by atoms with Gasteiger partial charge in [-0.05, 0) is 32.9 Å². The normalized spacial score (nSPS) is 24.3. The molecule has 3 rings (SSSR count). The van der Waals surface area contributed by atoms with Crippen LogP contribution < -0.4 is 20.9 Å². The second kappa shape index (κ2) is 12.0. The number of para-hydroxylation sites is 1. The molecular weight excluding hydrogens is 497 g/mol. The van der Waals surface area contributed by atoms with Crippen molar-refractivity contribution in [2.45, 2.75) is 57.5 Å². The van der Waals surface area contributed by atoms with Gasteiger partial charge in [-0.15, -0.1) is 0 Å². The van der Waals surface area contributed by atoms with Crippen molar-refractivity contribution in [3.05, 3.63) is 63.4 Å². The molecule has 13 nitrogen and oxygen atoms in total. The molecule has 14 heteroatoms. The number of esters is 1. The number of methoxy groups -OCH3 is 1. The number of aliphatic hydroxyl groups is 1. The maximum Gasteiger partial charge on any atom is 0.459 e. The third-order valence-electron chi connectivity index (χ3n) is 5.14. The minimum Gasteiger partial charge on any atom is -0.462 e. The summed E-state index contributed by atoms with van der Waals surface area (Å²) in [6.07, 6.45) is -3.73. The van der Waals surface area contributed by atoms with Crippen LogP contribution in [0, 0.1) is 0 Å². The Balaban J connectivity index is 1.79. The van der Waals surface area contributed by atoms with E-state index < -0.39 is 62.2 Å². The number of aromatic amines is 1. The molecule has 6 atom stereocenters. The van der Waals surface area contributed by atoms with Crippen molar-refractivity contribution in [3.63, 3.8) is 0 Å². The summed E-state index contributed by atoms with van der Waals surface area (Å²) in [6.45, 7) is 4.40. The maximum absolute atomic E-state index is 13.6. The van der Waals surface area contributed by atoms with Gasteiger partial charge in [0.15, 0.2) is 6.23 Å². The Labute approximate surface area is 206 Å². The van der Waals surface area contributed by atoms with Crippen LogP contribution in [0.25, 0.3) is 0 Å². The van der Waals surface area contributed by atoms with Crippen LogP contribution in [0.2, 0.25) is 0 Å². The highest BCUT2D eigenvalue weighted by molar-refractivity contribution is 7.52. The summed E-state index contributed by atoms with van der Waals surface area (Å²) >= 11 is 0. The number of aromatic nitrogens is 2. The van der Waals surface area contributed by atoms with E-state index >= 15 is 0 Å². The van der Waals surface area contributed by atoms with E-state index in [-0.39, 0.29) is 11.9 Å². The largest absolute Gasteiger partial charge is 0.462 e. The zero-order chi connectivity index (χ0) is 26.5. The summed E-state index contributed by atoms with van der Waals surface area (Å²) in [7, 11) is -2.87. The highest BCUT2D eigenvalue weighted by atomic mass is 31.2. The van der Waals surface area contributed by atoms with Crippen LogP contribution in [-0.4, -0.2) is 64.8 Å². The van der Waals surface area contributed by atoms with E-state index in [4.69, 9.17) is 23.3 Å². The summed E-state index contributed by atoms with van der Waals surface area (Å²) in [4.78, 5) is 37.9. The third kappa shape index (κ3) is 6.90. The van der Waals surface area contributed by atoms with Gasteiger partial charge < -0.3 is 23.8 Å². The molecule has 2 heterocycles. The Morgan fingerprint density at radius 3 is 2.53 bits per heavy atom. The number of nitrogens with zero attached hydrogens (tertiary/aromatic N) is 1. The van der Waals surface area contributed by atoms with Crippen LogP contribution in [-0.2, 0) is 28.1 Å². The molecule has 1 aromatic heterocycles. The van der Waals surface area contributed by atoms with Gasteiger partial charge in [-0.1, -0.05) is 18.2 Å². The number of hydrogen-bond acceptors (Lipinski definition) is 10. The lowest BCUT2D eigenvalue weighted by atomic mass is 10.1. The SMILES string of the molecule is COC1C(O)[C@H](n2ccc(=O)[nH]c2=O)O[C@@H]1COP(=O)(N[C@@H](C)C(=O)OC(C)C)Oc1ccccc1. The molecule has 0 spiro atoms. The predicted molar refractivity (Wildman–Crippen MR) is 126 cm³/mol. The zero-order valence-electron chi connectivity index (χ0n) is 20.2. The molecule has 0 bridgehead atoms. The highest BCUT2D eigenvalue weighted by Crippen LogP contribution is 2.46. The Hall–Kier alpha value is -2.80. The van der Waals surface area contributed by atoms with E-state index in [1.54, 1.807) is 44.2 Å². The van der Waals surface area contributed by atoms with Crippen LogP contribution >= 0.6 is 7.75 Å². The molecule has 1 saturated heterocycles. The molecule has 0 saturated carbocycles. The lowest BCUT2D eigenvalue weighted by Gasteiger charge is -2.25. The monoisotopic (exact) mass is 527 g/mol. The number of ether oxygens (including phenoxy) is 3. The van der Waals surface area contributed by atoms with E-state index in [9.17, 15) is 24.1 Å². The number of H-pyrrole nitrogens is 1. The maximum atomic E-state index is 13.6. The first kappa shape index (κ1) is 27.8. The Bertz CT molecular complexity index is 1180. The fourth-order valence-electron chi connectivity index (χ4n) is 3.51. The molecule has 1 aliphatic heterocycles. The predicted octanol–water partition coefficient (Wildman–Crippen LogP) is 0.943. The first-order valence-corrected chi connectivity index (χ1v) is 12.7. The Kier molecular flexibility index (Phi) is 9.23. The number of carbonyl (C=O) groups is 1. The second-order valence-electron chi connectivity index (χ2n) is 8.31. The van der Waals surface area contributed by atoms with Crippen LogP contribution in [0.15, 0.2) is 52.2 Å². The van der Waals surface area contributed by atoms with E-state index in [1.807, 2.05) is 0 Å². The molecule has 0 amide bonds. The quantitative estimate of drug-likeness (QED) is 0.281. The Morgan fingerprint density at radius 1 is 1.22 bits per heavy atom. The van der Waals surface area contributed by atoms with Crippen molar-refractivity contribution >= 4 is 13.7 Å². The highest BCUT2D eigenvalue weighted by Gasteiger charge is 2.47. The van der Waals surface area contributed by atoms with Crippen molar-refractivity contribution in [2.24, 2.45) is 0 Å². The van der Waals surface area contributed by atoms with Crippen LogP contribution in [0.1, 0.15) is 27.0 Å². The average molecular weight is 527 g/mol. The standard InChI is InChI=1S/C22H30N3O10P/c1-13(2)33-21(28)14(3)24-36(30,35-15-8-6-5-7-9-15)32-12-16-19(31-4)18(27)20(34-16)25-11-10-17(26)23-22(25)29/h5-11,13-14,16,18-20,27H,12H2,1-4H3,(H,24,30)(H,23,26,29)/t14-,16+,18?,19?,20+,36?/m0/s1. The van der Waals surface area contributed by atoms with Gasteiger partial charge in [0.2, 0.25) is 0 Å². The molecule has 1 aromatic carbocycles. The van der Waals surface area contributed by atoms with Crippen LogP contribution in [0.3, 0.4) is 0 Å². The number of rotatable bonds is 11. The molecule has 198 valence electrons. The average Bonchev–Trinajstić information content (AvgIpc) is 3.13. The molecule has 36 heavy (non-hydrogen) atoms. The lowest BCUT2D eigenvalue weighted by molar-refractivity contribution is -0.149. The second-order valence-corrected chi connectivity index (χ2v) is 10.0. The molecule has 1 aliphatic rings. The summed E-state index contributed by atoms with van der Waals surface area (Å²) in [6, 6.07) is 8.24. The van der Waals surface area contributed by atoms with Crippen molar-refractivity contribution in [1.29, 1.82) is 0 Å². The first-order chi connectivity index (χ1) is 17.0. The lowest BCUT2D eigenvalue weighted by Crippen LogP contribution is -2.39. The zero-order valence-corrected chi connectivity index (χ0v) is 21.1. The number of benzene rings is 1. The van der Waals surface area contributed by atoms with Crippen molar-refractivity contribution in [1.82, 2.24) is 14.6 Å². The number of carbonyl (C=O) groups excluding carboxylic acids is 1. The number of nitrogens with one attached hydrogen (secondary N) is 2. The molecule has 1 fully saturated rings. The van der Waals surface area contributed by atoms with E-state index in [0.29, 0.717) is 0 Å². The van der Waals surface area contributed by atoms with Gasteiger partial charge in [-0.3, -0.25) is 23.7 Å². The van der Waals surface area contributed by atoms with Crippen molar-refractivity contribution in [3.8, 4) is 5.75 Å². The number of hydrogen-bond donors (Lipinski definition) is 3. The van der Waals surface area contributed by atoms with E-state index in [0.717, 1.165) is 10.6 Å². The van der Waals surface area contributed by atoms with Crippen LogP contribution in [0.4, 0.5) is 0 Å². The van der Waals surface area contributed by atoms with E-state index in [1.165, 1.54) is 20.2 Å². The smallest absolute Gasteiger partial charge is 0.459 e. The molecule has 0 aliphatic carbocycles.